The molecule has 0 aromatic heterocycles. The van der Waals surface area contributed by atoms with E-state index in [0.29, 0.717) is 18.7 Å². The molecule has 4 rings (SSSR count). The SMILES string of the molecule is O=C(O)c1ccc2c(c1)Sc1ccc(C(=O)NCCc3ccccc3)cc1NC2. The third-order valence-electron chi connectivity index (χ3n) is 4.79. The van der Waals surface area contributed by atoms with E-state index in [0.717, 1.165) is 27.5 Å². The van der Waals surface area contributed by atoms with Gasteiger partial charge in [0.05, 0.1) is 5.56 Å². The third kappa shape index (κ3) is 4.43. The summed E-state index contributed by atoms with van der Waals surface area (Å²) >= 11 is 1.51. The van der Waals surface area contributed by atoms with E-state index in [1.807, 2.05) is 48.5 Å². The maximum absolute atomic E-state index is 12.5. The number of carbonyl (C=O) groups is 2. The number of aromatic carboxylic acids is 1. The molecule has 3 aromatic rings. The minimum atomic E-state index is -0.937. The predicted octanol–water partition coefficient (Wildman–Crippen LogP) is 4.43. The lowest BCUT2D eigenvalue weighted by atomic mass is 10.1. The predicted molar refractivity (Wildman–Crippen MR) is 114 cm³/mol. The average Bonchev–Trinajstić information content (AvgIpc) is 2.92. The lowest BCUT2D eigenvalue weighted by molar-refractivity contribution is 0.0696. The molecule has 1 amide bonds. The van der Waals surface area contributed by atoms with Gasteiger partial charge < -0.3 is 15.7 Å². The molecule has 3 aromatic carbocycles. The smallest absolute Gasteiger partial charge is 0.335 e. The lowest BCUT2D eigenvalue weighted by Gasteiger charge is -2.10. The van der Waals surface area contributed by atoms with Crippen molar-refractivity contribution in [3.05, 3.63) is 89.0 Å². The van der Waals surface area contributed by atoms with Gasteiger partial charge in [0.15, 0.2) is 0 Å². The summed E-state index contributed by atoms with van der Waals surface area (Å²) < 4.78 is 0. The van der Waals surface area contributed by atoms with Crippen LogP contribution in [0.15, 0.2) is 76.5 Å². The molecule has 1 aliphatic rings. The monoisotopic (exact) mass is 404 g/mol. The molecule has 0 spiro atoms. The molecule has 0 fully saturated rings. The number of hydrogen-bond acceptors (Lipinski definition) is 4. The van der Waals surface area contributed by atoms with Crippen molar-refractivity contribution in [3.63, 3.8) is 0 Å². The molecule has 0 atom stereocenters. The first-order chi connectivity index (χ1) is 14.1. The molecular weight excluding hydrogens is 384 g/mol. The van der Waals surface area contributed by atoms with Crippen molar-refractivity contribution < 1.29 is 14.7 Å². The van der Waals surface area contributed by atoms with Gasteiger partial charge >= 0.3 is 5.97 Å². The average molecular weight is 404 g/mol. The van der Waals surface area contributed by atoms with E-state index in [1.54, 1.807) is 18.2 Å². The number of carboxylic acids is 1. The van der Waals surface area contributed by atoms with Gasteiger partial charge in [0.1, 0.15) is 0 Å². The molecule has 29 heavy (non-hydrogen) atoms. The number of hydrogen-bond donors (Lipinski definition) is 3. The minimum Gasteiger partial charge on any atom is -0.478 e. The van der Waals surface area contributed by atoms with E-state index in [1.165, 1.54) is 17.3 Å². The summed E-state index contributed by atoms with van der Waals surface area (Å²) in [5.41, 5.74) is 3.96. The minimum absolute atomic E-state index is 0.106. The van der Waals surface area contributed by atoms with Crippen LogP contribution in [0.1, 0.15) is 31.8 Å². The number of anilines is 1. The summed E-state index contributed by atoms with van der Waals surface area (Å²) in [5.74, 6) is -1.04. The first kappa shape index (κ1) is 19.1. The van der Waals surface area contributed by atoms with Crippen LogP contribution in [0.5, 0.6) is 0 Å². The fraction of sp³-hybridized carbons (Fsp3) is 0.130. The first-order valence-electron chi connectivity index (χ1n) is 9.34. The third-order valence-corrected chi connectivity index (χ3v) is 5.96. The van der Waals surface area contributed by atoms with Gasteiger partial charge in [0, 0.05) is 34.1 Å². The molecule has 0 radical (unpaired) electrons. The topological polar surface area (TPSA) is 78.4 Å². The highest BCUT2D eigenvalue weighted by atomic mass is 32.2. The number of amides is 1. The molecule has 146 valence electrons. The zero-order valence-electron chi connectivity index (χ0n) is 15.6. The van der Waals surface area contributed by atoms with E-state index in [4.69, 9.17) is 0 Å². The molecule has 6 heteroatoms. The number of carbonyl (C=O) groups excluding carboxylic acids is 1. The summed E-state index contributed by atoms with van der Waals surface area (Å²) in [6, 6.07) is 20.8. The Balaban J connectivity index is 1.46. The van der Waals surface area contributed by atoms with Crippen molar-refractivity contribution in [1.29, 1.82) is 0 Å². The van der Waals surface area contributed by atoms with Crippen molar-refractivity contribution in [1.82, 2.24) is 5.32 Å². The van der Waals surface area contributed by atoms with Gasteiger partial charge in [0.25, 0.3) is 5.91 Å². The van der Waals surface area contributed by atoms with E-state index in [2.05, 4.69) is 10.6 Å². The number of nitrogens with one attached hydrogen (secondary N) is 2. The zero-order chi connectivity index (χ0) is 20.2. The Morgan fingerprint density at radius 3 is 2.55 bits per heavy atom. The van der Waals surface area contributed by atoms with Crippen LogP contribution in [-0.4, -0.2) is 23.5 Å². The van der Waals surface area contributed by atoms with Crippen molar-refractivity contribution in [2.75, 3.05) is 11.9 Å². The van der Waals surface area contributed by atoms with E-state index >= 15 is 0 Å². The summed E-state index contributed by atoms with van der Waals surface area (Å²) in [4.78, 5) is 25.7. The molecule has 5 nitrogen and oxygen atoms in total. The van der Waals surface area contributed by atoms with Crippen LogP contribution in [0.25, 0.3) is 0 Å². The standard InChI is InChI=1S/C23H20N2O3S/c26-22(24-11-10-15-4-2-1-3-5-15)16-8-9-20-19(12-16)25-14-18-7-6-17(23(27)28)13-21(18)29-20/h1-9,12-13,25H,10-11,14H2,(H,24,26)(H,27,28). The van der Waals surface area contributed by atoms with Crippen molar-refractivity contribution in [2.45, 2.75) is 22.8 Å². The lowest BCUT2D eigenvalue weighted by Crippen LogP contribution is -2.25. The quantitative estimate of drug-likeness (QED) is 0.586. The summed E-state index contributed by atoms with van der Waals surface area (Å²) in [6.07, 6.45) is 0.785. The molecule has 0 bridgehead atoms. The molecule has 1 aliphatic heterocycles. The van der Waals surface area contributed by atoms with Crippen molar-refractivity contribution in [2.24, 2.45) is 0 Å². The number of benzene rings is 3. The van der Waals surface area contributed by atoms with Crippen LogP contribution in [0.3, 0.4) is 0 Å². The second kappa shape index (κ2) is 8.41. The number of rotatable bonds is 5. The zero-order valence-corrected chi connectivity index (χ0v) is 16.5. The fourth-order valence-corrected chi connectivity index (χ4v) is 4.27. The van der Waals surface area contributed by atoms with Crippen molar-refractivity contribution >= 4 is 29.3 Å². The number of carboxylic acid groups (broad SMARTS) is 1. The summed E-state index contributed by atoms with van der Waals surface area (Å²) in [5, 5.41) is 15.6. The van der Waals surface area contributed by atoms with E-state index in [-0.39, 0.29) is 11.5 Å². The second-order valence-corrected chi connectivity index (χ2v) is 7.87. The Labute approximate surface area is 173 Å². The van der Waals surface area contributed by atoms with Gasteiger partial charge in [-0.3, -0.25) is 4.79 Å². The van der Waals surface area contributed by atoms with Gasteiger partial charge in [-0.1, -0.05) is 48.2 Å². The molecule has 0 saturated carbocycles. The maximum atomic E-state index is 12.5. The highest BCUT2D eigenvalue weighted by molar-refractivity contribution is 7.99. The largest absolute Gasteiger partial charge is 0.478 e. The van der Waals surface area contributed by atoms with E-state index < -0.39 is 5.97 Å². The second-order valence-electron chi connectivity index (χ2n) is 6.79. The van der Waals surface area contributed by atoms with Gasteiger partial charge in [-0.15, -0.1) is 0 Å². The van der Waals surface area contributed by atoms with Gasteiger partial charge in [-0.2, -0.15) is 0 Å². The molecule has 0 unspecified atom stereocenters. The Morgan fingerprint density at radius 2 is 1.76 bits per heavy atom. The molecule has 3 N–H and O–H groups in total. The number of fused-ring (bicyclic) bond motifs is 2. The Bertz CT molecular complexity index is 1070. The molecular formula is C23H20N2O3S. The van der Waals surface area contributed by atoms with Crippen molar-refractivity contribution in [3.8, 4) is 0 Å². The van der Waals surface area contributed by atoms with Gasteiger partial charge in [-0.05, 0) is 47.9 Å². The van der Waals surface area contributed by atoms with Gasteiger partial charge in [0.2, 0.25) is 0 Å². The Hall–Kier alpha value is -3.25. The Morgan fingerprint density at radius 1 is 0.966 bits per heavy atom. The molecule has 1 heterocycles. The Kier molecular flexibility index (Phi) is 5.53. The highest BCUT2D eigenvalue weighted by Gasteiger charge is 2.17. The maximum Gasteiger partial charge on any atom is 0.335 e. The summed E-state index contributed by atoms with van der Waals surface area (Å²) in [6.45, 7) is 1.15. The van der Waals surface area contributed by atoms with Crippen LogP contribution >= 0.6 is 11.8 Å². The molecule has 0 aliphatic carbocycles. The first-order valence-corrected chi connectivity index (χ1v) is 10.2. The van der Waals surface area contributed by atoms with Crippen LogP contribution in [0.4, 0.5) is 5.69 Å². The fourth-order valence-electron chi connectivity index (χ4n) is 3.20. The summed E-state index contributed by atoms with van der Waals surface area (Å²) in [7, 11) is 0. The van der Waals surface area contributed by atoms with Crippen LogP contribution < -0.4 is 10.6 Å². The highest BCUT2D eigenvalue weighted by Crippen LogP contribution is 2.39. The van der Waals surface area contributed by atoms with Crippen LogP contribution in [-0.2, 0) is 13.0 Å². The molecule has 0 saturated heterocycles. The van der Waals surface area contributed by atoms with E-state index in [9.17, 15) is 14.7 Å². The van der Waals surface area contributed by atoms with Crippen LogP contribution in [0.2, 0.25) is 0 Å². The van der Waals surface area contributed by atoms with Gasteiger partial charge in [-0.25, -0.2) is 4.79 Å². The van der Waals surface area contributed by atoms with Crippen LogP contribution in [0, 0.1) is 0 Å². The normalized spacial score (nSPS) is 12.1.